The number of hydrogen-bond donors (Lipinski definition) is 2. The number of carbonyl (C=O) groups is 2. The molecule has 1 aromatic heterocycles. The lowest BCUT2D eigenvalue weighted by atomic mass is 9.77. The number of rotatable bonds is 10. The van der Waals surface area contributed by atoms with E-state index in [0.717, 1.165) is 23.1 Å². The van der Waals surface area contributed by atoms with E-state index in [2.05, 4.69) is 15.5 Å². The maximum absolute atomic E-state index is 12.9. The number of nitrogens with one attached hydrogen (secondary N) is 1. The van der Waals surface area contributed by atoms with Crippen LogP contribution in [0.2, 0.25) is 0 Å². The molecule has 1 saturated carbocycles. The molecular formula is C33H33N3O5S. The molecule has 5 rings (SSSR count). The third-order valence-electron chi connectivity index (χ3n) is 7.11. The van der Waals surface area contributed by atoms with Gasteiger partial charge in [-0.15, -0.1) is 11.3 Å². The first kappa shape index (κ1) is 29.0. The Bertz CT molecular complexity index is 1460. The van der Waals surface area contributed by atoms with E-state index in [0.29, 0.717) is 18.0 Å². The Morgan fingerprint density at radius 2 is 1.38 bits per heavy atom. The second-order valence-electron chi connectivity index (χ2n) is 11.2. The van der Waals surface area contributed by atoms with Gasteiger partial charge in [-0.3, -0.25) is 0 Å². The van der Waals surface area contributed by atoms with Crippen LogP contribution in [0.15, 0.2) is 102 Å². The van der Waals surface area contributed by atoms with Crippen molar-refractivity contribution in [2.75, 3.05) is 5.32 Å². The van der Waals surface area contributed by atoms with E-state index in [1.807, 2.05) is 91.0 Å². The molecule has 8 nitrogen and oxygen atoms in total. The van der Waals surface area contributed by atoms with Gasteiger partial charge in [0.25, 0.3) is 0 Å². The highest BCUT2D eigenvalue weighted by atomic mass is 32.1. The lowest BCUT2D eigenvalue weighted by molar-refractivity contribution is -0.196. The van der Waals surface area contributed by atoms with E-state index in [-0.39, 0.29) is 11.4 Å². The van der Waals surface area contributed by atoms with Gasteiger partial charge in [0, 0.05) is 18.2 Å². The fourth-order valence-electron chi connectivity index (χ4n) is 4.91. The number of anilines is 1. The van der Waals surface area contributed by atoms with Crippen LogP contribution in [0.25, 0.3) is 0 Å². The van der Waals surface area contributed by atoms with E-state index in [1.54, 1.807) is 26.2 Å². The fourth-order valence-corrected chi connectivity index (χ4v) is 5.66. The van der Waals surface area contributed by atoms with Crippen molar-refractivity contribution < 1.29 is 24.3 Å². The third-order valence-corrected chi connectivity index (χ3v) is 7.87. The number of carboxylic acids is 1. The third kappa shape index (κ3) is 5.92. The van der Waals surface area contributed by atoms with Crippen LogP contribution in [-0.2, 0) is 24.7 Å². The molecule has 0 saturated heterocycles. The molecule has 0 bridgehead atoms. The van der Waals surface area contributed by atoms with E-state index in [4.69, 9.17) is 9.57 Å². The van der Waals surface area contributed by atoms with Gasteiger partial charge in [-0.1, -0.05) is 96.2 Å². The summed E-state index contributed by atoms with van der Waals surface area (Å²) >= 11 is 1.26. The Hall–Kier alpha value is -4.50. The zero-order valence-corrected chi connectivity index (χ0v) is 24.6. The lowest BCUT2D eigenvalue weighted by Gasteiger charge is -2.38. The maximum Gasteiger partial charge on any atom is 0.360 e. The summed E-state index contributed by atoms with van der Waals surface area (Å²) in [6.45, 7) is 5.31. The van der Waals surface area contributed by atoms with Crippen LogP contribution in [0, 0.1) is 0 Å². The Morgan fingerprint density at radius 3 is 1.79 bits per heavy atom. The van der Waals surface area contributed by atoms with Gasteiger partial charge in [0.05, 0.1) is 0 Å². The van der Waals surface area contributed by atoms with Crippen molar-refractivity contribution in [3.63, 3.8) is 0 Å². The van der Waals surface area contributed by atoms with Crippen molar-refractivity contribution in [3.8, 4) is 0 Å². The summed E-state index contributed by atoms with van der Waals surface area (Å²) in [5.74, 6) is -1.86. The minimum atomic E-state index is -1.31. The smallest absolute Gasteiger partial charge is 0.360 e. The van der Waals surface area contributed by atoms with Gasteiger partial charge in [-0.05, 0) is 43.9 Å². The zero-order valence-electron chi connectivity index (χ0n) is 23.7. The van der Waals surface area contributed by atoms with Crippen molar-refractivity contribution in [2.24, 2.45) is 5.16 Å². The van der Waals surface area contributed by atoms with E-state index < -0.39 is 28.7 Å². The van der Waals surface area contributed by atoms with Gasteiger partial charge in [0.2, 0.25) is 11.3 Å². The van der Waals surface area contributed by atoms with Crippen LogP contribution < -0.4 is 5.32 Å². The SMILES string of the molecule is CC(C)(C)OC(=O)C1(O/N=C(/C(=O)O)c2csc(NC(c3ccccc3)(c3ccccc3)c3ccccc3)n2)CCC1. The number of carboxylic acid groups (broad SMARTS) is 1. The Kier molecular flexibility index (Phi) is 8.13. The van der Waals surface area contributed by atoms with Crippen molar-refractivity contribution in [2.45, 2.75) is 56.8 Å². The number of hydrogen-bond acceptors (Lipinski definition) is 8. The Labute approximate surface area is 249 Å². The van der Waals surface area contributed by atoms with Gasteiger partial charge in [-0.25, -0.2) is 14.6 Å². The Morgan fingerprint density at radius 1 is 0.881 bits per heavy atom. The molecule has 1 aliphatic carbocycles. The molecule has 42 heavy (non-hydrogen) atoms. The molecule has 0 atom stereocenters. The zero-order chi connectivity index (χ0) is 29.8. The summed E-state index contributed by atoms with van der Waals surface area (Å²) in [5, 5.41) is 19.7. The molecule has 0 spiro atoms. The minimum absolute atomic E-state index is 0.122. The molecule has 0 unspecified atom stereocenters. The Balaban J connectivity index is 1.52. The second kappa shape index (κ2) is 11.8. The number of esters is 1. The number of ether oxygens (including phenoxy) is 1. The van der Waals surface area contributed by atoms with Gasteiger partial charge in [-0.2, -0.15) is 0 Å². The molecule has 0 amide bonds. The molecule has 4 aromatic rings. The van der Waals surface area contributed by atoms with Crippen LogP contribution in [-0.4, -0.2) is 38.9 Å². The van der Waals surface area contributed by atoms with E-state index in [9.17, 15) is 14.7 Å². The number of aliphatic carboxylic acids is 1. The summed E-state index contributed by atoms with van der Waals surface area (Å²) in [6, 6.07) is 30.1. The van der Waals surface area contributed by atoms with Crippen LogP contribution in [0.4, 0.5) is 5.13 Å². The lowest BCUT2D eigenvalue weighted by Crippen LogP contribution is -2.50. The van der Waals surface area contributed by atoms with Gasteiger partial charge >= 0.3 is 11.9 Å². The number of aromatic nitrogens is 1. The van der Waals surface area contributed by atoms with Crippen LogP contribution in [0.5, 0.6) is 0 Å². The molecule has 9 heteroatoms. The quantitative estimate of drug-likeness (QED) is 0.0935. The number of nitrogens with zero attached hydrogens (tertiary/aromatic N) is 2. The number of oxime groups is 1. The molecule has 1 heterocycles. The van der Waals surface area contributed by atoms with E-state index >= 15 is 0 Å². The van der Waals surface area contributed by atoms with Gasteiger partial charge in [0.1, 0.15) is 16.8 Å². The van der Waals surface area contributed by atoms with Crippen molar-refractivity contribution >= 4 is 34.1 Å². The first-order valence-electron chi connectivity index (χ1n) is 13.8. The number of thiazole rings is 1. The van der Waals surface area contributed by atoms with Crippen LogP contribution in [0.3, 0.4) is 0 Å². The molecule has 0 radical (unpaired) electrons. The summed E-state index contributed by atoms with van der Waals surface area (Å²) in [4.78, 5) is 35.4. The predicted molar refractivity (Wildman–Crippen MR) is 163 cm³/mol. The fraction of sp³-hybridized carbons (Fsp3) is 0.273. The number of carbonyl (C=O) groups excluding carboxylic acids is 1. The monoisotopic (exact) mass is 583 g/mol. The standard InChI is InChI=1S/C33H33N3O5S/c1-31(2,3)40-29(39)32(20-13-21-32)41-36-27(28(37)38)26-22-42-30(34-26)35-33(23-14-7-4-8-15-23,24-16-9-5-10-17-24)25-18-11-6-12-19-25/h4-12,14-19,22H,13,20-21H2,1-3H3,(H,34,35)(H,37,38)/b36-27+. The largest absolute Gasteiger partial charge is 0.476 e. The van der Waals surface area contributed by atoms with Crippen molar-refractivity contribution in [1.82, 2.24) is 4.98 Å². The summed E-state index contributed by atoms with van der Waals surface area (Å²) in [7, 11) is 0. The molecule has 2 N–H and O–H groups in total. The summed E-state index contributed by atoms with van der Waals surface area (Å²) in [6.07, 6.45) is 1.55. The molecule has 216 valence electrons. The van der Waals surface area contributed by atoms with E-state index in [1.165, 1.54) is 11.3 Å². The summed E-state index contributed by atoms with van der Waals surface area (Å²) < 4.78 is 5.52. The molecule has 0 aliphatic heterocycles. The molecule has 3 aromatic carbocycles. The highest BCUT2D eigenvalue weighted by molar-refractivity contribution is 7.14. The van der Waals surface area contributed by atoms with Crippen molar-refractivity contribution in [1.29, 1.82) is 0 Å². The molecule has 1 aliphatic rings. The summed E-state index contributed by atoms with van der Waals surface area (Å²) in [5.41, 5.74) is -0.149. The first-order valence-corrected chi connectivity index (χ1v) is 14.6. The maximum atomic E-state index is 12.9. The second-order valence-corrected chi connectivity index (χ2v) is 12.1. The molecule has 1 fully saturated rings. The average molecular weight is 584 g/mol. The van der Waals surface area contributed by atoms with Crippen LogP contribution in [0.1, 0.15) is 62.4 Å². The number of benzene rings is 3. The first-order chi connectivity index (χ1) is 20.1. The van der Waals surface area contributed by atoms with Gasteiger partial charge < -0.3 is 20.0 Å². The minimum Gasteiger partial charge on any atom is -0.476 e. The average Bonchev–Trinajstić information content (AvgIpc) is 3.41. The normalized spacial score (nSPS) is 14.9. The highest BCUT2D eigenvalue weighted by Crippen LogP contribution is 2.41. The van der Waals surface area contributed by atoms with Gasteiger partial charge in [0.15, 0.2) is 5.13 Å². The van der Waals surface area contributed by atoms with Crippen LogP contribution >= 0.6 is 11.3 Å². The topological polar surface area (TPSA) is 110 Å². The highest BCUT2D eigenvalue weighted by Gasteiger charge is 2.50. The predicted octanol–water partition coefficient (Wildman–Crippen LogP) is 6.62. The molecular weight excluding hydrogens is 550 g/mol. The van der Waals surface area contributed by atoms with Crippen molar-refractivity contribution in [3.05, 3.63) is 119 Å².